The van der Waals surface area contributed by atoms with Crippen LogP contribution in [0.3, 0.4) is 0 Å². The molecular weight excluding hydrogens is 271 g/mol. The Morgan fingerprint density at radius 3 is 1.61 bits per heavy atom. The van der Waals surface area contributed by atoms with Crippen molar-refractivity contribution >= 4 is 29.2 Å². The first-order valence-corrected chi connectivity index (χ1v) is 7.88. The quantitative estimate of drug-likeness (QED) is 0.409. The summed E-state index contributed by atoms with van der Waals surface area (Å²) in [6.07, 6.45) is 11.5. The van der Waals surface area contributed by atoms with Crippen LogP contribution in [0.2, 0.25) is 0 Å². The highest BCUT2D eigenvalue weighted by atomic mass is 35.5. The largest absolute Gasteiger partial charge is 0.481 e. The number of unbranched alkanes of at least 4 members (excludes halogenated alkanes) is 8. The van der Waals surface area contributed by atoms with Gasteiger partial charge in [-0.15, -0.1) is 23.2 Å². The summed E-state index contributed by atoms with van der Waals surface area (Å²) in [5, 5.41) is 8.41. The third kappa shape index (κ3) is 29.8. The summed E-state index contributed by atoms with van der Waals surface area (Å²) in [5.74, 6) is -0.659. The highest BCUT2D eigenvalue weighted by Gasteiger charge is 1.96. The zero-order valence-corrected chi connectivity index (χ0v) is 13.3. The smallest absolute Gasteiger partial charge is 0.303 e. The van der Waals surface area contributed by atoms with E-state index in [0.29, 0.717) is 6.42 Å². The van der Waals surface area contributed by atoms with E-state index in [9.17, 15) is 4.79 Å². The number of halogens is 2. The number of carbonyl (C=O) groups is 1. The van der Waals surface area contributed by atoms with E-state index in [1.165, 1.54) is 44.9 Å². The molecule has 0 aliphatic carbocycles. The van der Waals surface area contributed by atoms with E-state index in [0.717, 1.165) is 12.8 Å². The van der Waals surface area contributed by atoms with Gasteiger partial charge in [0, 0.05) is 6.42 Å². The molecule has 0 aliphatic rings. The van der Waals surface area contributed by atoms with Crippen molar-refractivity contribution in [2.24, 2.45) is 0 Å². The zero-order chi connectivity index (χ0) is 14.2. The molecule has 0 aromatic heterocycles. The molecule has 0 bridgehead atoms. The van der Waals surface area contributed by atoms with Gasteiger partial charge in [-0.1, -0.05) is 58.3 Å². The van der Waals surface area contributed by atoms with E-state index in [-0.39, 0.29) is 4.84 Å². The predicted molar refractivity (Wildman–Crippen MR) is 80.6 cm³/mol. The summed E-state index contributed by atoms with van der Waals surface area (Å²) in [5.41, 5.74) is 0. The molecule has 18 heavy (non-hydrogen) atoms. The number of hydrogen-bond acceptors (Lipinski definition) is 1. The lowest BCUT2D eigenvalue weighted by atomic mass is 10.1. The second-order valence-electron chi connectivity index (χ2n) is 4.49. The average molecular weight is 299 g/mol. The fourth-order valence-corrected chi connectivity index (χ4v) is 1.59. The molecular formula is C14H28Cl2O2. The normalized spacial score (nSPS) is 10.1. The van der Waals surface area contributed by atoms with Crippen LogP contribution in [-0.4, -0.2) is 15.9 Å². The zero-order valence-electron chi connectivity index (χ0n) is 11.8. The van der Waals surface area contributed by atoms with Gasteiger partial charge in [0.25, 0.3) is 0 Å². The molecule has 0 amide bonds. The fourth-order valence-electron chi connectivity index (χ4n) is 1.59. The minimum absolute atomic E-state index is 0.222. The van der Waals surface area contributed by atoms with Gasteiger partial charge in [-0.25, -0.2) is 0 Å². The molecule has 0 aliphatic heterocycles. The Kier molecular flexibility index (Phi) is 19.3. The molecule has 1 N–H and O–H groups in total. The van der Waals surface area contributed by atoms with Crippen molar-refractivity contribution in [3.63, 3.8) is 0 Å². The molecule has 0 radical (unpaired) electrons. The molecule has 4 heteroatoms. The molecule has 0 spiro atoms. The Morgan fingerprint density at radius 2 is 1.28 bits per heavy atom. The SMILES string of the molecule is CC(Cl)Cl.CCCCCCCCCCCC(=O)O. The van der Waals surface area contributed by atoms with Gasteiger partial charge in [0.1, 0.15) is 4.84 Å². The lowest BCUT2D eigenvalue weighted by molar-refractivity contribution is -0.137. The average Bonchev–Trinajstić information content (AvgIpc) is 2.26. The molecule has 0 atom stereocenters. The molecule has 0 saturated heterocycles. The summed E-state index contributed by atoms with van der Waals surface area (Å²) >= 11 is 10.1. The van der Waals surface area contributed by atoms with E-state index in [1.54, 1.807) is 6.92 Å². The number of hydrogen-bond donors (Lipinski definition) is 1. The van der Waals surface area contributed by atoms with Gasteiger partial charge in [-0.2, -0.15) is 0 Å². The summed E-state index contributed by atoms with van der Waals surface area (Å²) in [4.78, 5) is 9.98. The maximum Gasteiger partial charge on any atom is 0.303 e. The van der Waals surface area contributed by atoms with Crippen LogP contribution in [0.15, 0.2) is 0 Å². The van der Waals surface area contributed by atoms with Crippen LogP contribution in [0.1, 0.15) is 78.1 Å². The van der Waals surface area contributed by atoms with Gasteiger partial charge in [0.05, 0.1) is 0 Å². The predicted octanol–water partition coefficient (Wildman–Crippen LogP) is 5.80. The first kappa shape index (κ1) is 20.4. The van der Waals surface area contributed by atoms with E-state index in [1.807, 2.05) is 0 Å². The van der Waals surface area contributed by atoms with E-state index < -0.39 is 5.97 Å². The van der Waals surface area contributed by atoms with E-state index >= 15 is 0 Å². The van der Waals surface area contributed by atoms with Gasteiger partial charge in [0.2, 0.25) is 0 Å². The molecule has 0 heterocycles. The van der Waals surface area contributed by atoms with Crippen LogP contribution in [0, 0.1) is 0 Å². The number of carboxylic acids is 1. The lowest BCUT2D eigenvalue weighted by Gasteiger charge is -2.00. The van der Waals surface area contributed by atoms with Gasteiger partial charge in [0.15, 0.2) is 0 Å². The molecule has 0 rings (SSSR count). The molecule has 110 valence electrons. The number of alkyl halides is 2. The molecule has 0 aromatic carbocycles. The van der Waals surface area contributed by atoms with Crippen molar-refractivity contribution in [2.45, 2.75) is 82.9 Å². The highest BCUT2D eigenvalue weighted by molar-refractivity contribution is 6.43. The first-order chi connectivity index (χ1) is 8.50. The third-order valence-electron chi connectivity index (χ3n) is 2.49. The minimum atomic E-state index is -0.659. The van der Waals surface area contributed by atoms with Gasteiger partial charge in [-0.3, -0.25) is 4.79 Å². The van der Waals surface area contributed by atoms with Crippen molar-refractivity contribution in [1.29, 1.82) is 0 Å². The van der Waals surface area contributed by atoms with Crippen LogP contribution in [-0.2, 0) is 4.79 Å². The lowest BCUT2D eigenvalue weighted by Crippen LogP contribution is -1.93. The maximum absolute atomic E-state index is 10.2. The second kappa shape index (κ2) is 17.1. The van der Waals surface area contributed by atoms with Crippen LogP contribution in [0.4, 0.5) is 0 Å². The van der Waals surface area contributed by atoms with E-state index in [2.05, 4.69) is 6.92 Å². The summed E-state index contributed by atoms with van der Waals surface area (Å²) in [7, 11) is 0. The standard InChI is InChI=1S/C12H24O2.C2H4Cl2/c1-2-3-4-5-6-7-8-9-10-11-12(13)14;1-2(3)4/h2-11H2,1H3,(H,13,14);2H,1H3. The van der Waals surface area contributed by atoms with Gasteiger partial charge in [-0.05, 0) is 13.3 Å². The Balaban J connectivity index is 0. The van der Waals surface area contributed by atoms with Gasteiger partial charge >= 0.3 is 5.97 Å². The Labute approximate surface area is 122 Å². The van der Waals surface area contributed by atoms with Crippen LogP contribution in [0.5, 0.6) is 0 Å². The van der Waals surface area contributed by atoms with Crippen LogP contribution >= 0.6 is 23.2 Å². The monoisotopic (exact) mass is 298 g/mol. The van der Waals surface area contributed by atoms with Crippen LogP contribution < -0.4 is 0 Å². The first-order valence-electron chi connectivity index (χ1n) is 7.00. The Morgan fingerprint density at radius 1 is 0.944 bits per heavy atom. The van der Waals surface area contributed by atoms with Crippen molar-refractivity contribution in [3.8, 4) is 0 Å². The summed E-state index contributed by atoms with van der Waals surface area (Å²) < 4.78 is 0. The fraction of sp³-hybridized carbons (Fsp3) is 0.929. The van der Waals surface area contributed by atoms with Crippen molar-refractivity contribution in [3.05, 3.63) is 0 Å². The molecule has 0 fully saturated rings. The molecule has 0 aromatic rings. The van der Waals surface area contributed by atoms with E-state index in [4.69, 9.17) is 28.3 Å². The minimum Gasteiger partial charge on any atom is -0.481 e. The summed E-state index contributed by atoms with van der Waals surface area (Å²) in [6, 6.07) is 0. The maximum atomic E-state index is 10.2. The number of carboxylic acid groups (broad SMARTS) is 1. The highest BCUT2D eigenvalue weighted by Crippen LogP contribution is 2.10. The Hall–Kier alpha value is 0.0500. The topological polar surface area (TPSA) is 37.3 Å². The number of rotatable bonds is 10. The second-order valence-corrected chi connectivity index (χ2v) is 6.02. The Bertz CT molecular complexity index is 170. The third-order valence-corrected chi connectivity index (χ3v) is 2.49. The molecule has 0 unspecified atom stereocenters. The van der Waals surface area contributed by atoms with Crippen molar-refractivity contribution in [2.75, 3.05) is 0 Å². The number of aliphatic carboxylic acids is 1. The summed E-state index contributed by atoms with van der Waals surface area (Å²) in [6.45, 7) is 3.93. The molecule has 2 nitrogen and oxygen atoms in total. The molecule has 0 saturated carbocycles. The van der Waals surface area contributed by atoms with Crippen molar-refractivity contribution < 1.29 is 9.90 Å². The van der Waals surface area contributed by atoms with Crippen molar-refractivity contribution in [1.82, 2.24) is 0 Å². The van der Waals surface area contributed by atoms with Gasteiger partial charge < -0.3 is 5.11 Å². The van der Waals surface area contributed by atoms with Crippen LogP contribution in [0.25, 0.3) is 0 Å².